The number of unbranched alkanes of at least 4 members (excludes halogenated alkanes) is 1. The molecular weight excluding hydrogens is 367 g/mol. The summed E-state index contributed by atoms with van der Waals surface area (Å²) in [4.78, 5) is 11.8. The predicted molar refractivity (Wildman–Crippen MR) is 114 cm³/mol. The molecule has 0 amide bonds. The van der Waals surface area contributed by atoms with Gasteiger partial charge in [0.1, 0.15) is 11.9 Å². The second kappa shape index (κ2) is 11.6. The van der Waals surface area contributed by atoms with Crippen molar-refractivity contribution in [2.75, 3.05) is 6.61 Å². The summed E-state index contributed by atoms with van der Waals surface area (Å²) < 4.78 is 25.2. The molecule has 0 heterocycles. The van der Waals surface area contributed by atoms with E-state index >= 15 is 0 Å². The Bertz CT molecular complexity index is 601. The van der Waals surface area contributed by atoms with Gasteiger partial charge in [-0.2, -0.15) is 0 Å². The van der Waals surface area contributed by atoms with Gasteiger partial charge in [0.25, 0.3) is 0 Å². The molecule has 2 fully saturated rings. The van der Waals surface area contributed by atoms with E-state index in [1.165, 1.54) is 31.2 Å². The van der Waals surface area contributed by atoms with Crippen LogP contribution in [0.1, 0.15) is 89.0 Å². The number of esters is 1. The molecule has 0 aromatic heterocycles. The number of alkyl halides is 1. The first kappa shape index (κ1) is 22.1. The molecule has 3 rings (SSSR count). The van der Waals surface area contributed by atoms with Gasteiger partial charge in [-0.05, 0) is 93.7 Å². The molecule has 0 spiro atoms. The Morgan fingerprint density at radius 2 is 1.76 bits per heavy atom. The van der Waals surface area contributed by atoms with Crippen LogP contribution in [0.3, 0.4) is 0 Å². The smallest absolute Gasteiger partial charge is 0.340 e. The minimum absolute atomic E-state index is 0.134. The highest BCUT2D eigenvalue weighted by Crippen LogP contribution is 2.33. The van der Waals surface area contributed by atoms with Gasteiger partial charge in [-0.1, -0.05) is 31.9 Å². The summed E-state index contributed by atoms with van der Waals surface area (Å²) in [6, 6.07) is 8.62. The second-order valence-corrected chi connectivity index (χ2v) is 8.71. The highest BCUT2D eigenvalue weighted by molar-refractivity contribution is 5.74. The van der Waals surface area contributed by atoms with Crippen molar-refractivity contribution in [3.63, 3.8) is 0 Å². The fourth-order valence-electron chi connectivity index (χ4n) is 4.47. The van der Waals surface area contributed by atoms with E-state index in [1.54, 1.807) is 0 Å². The van der Waals surface area contributed by atoms with Gasteiger partial charge in [0.2, 0.25) is 0 Å². The van der Waals surface area contributed by atoms with Crippen molar-refractivity contribution in [2.24, 2.45) is 5.92 Å². The summed E-state index contributed by atoms with van der Waals surface area (Å²) in [7, 11) is 0. The average molecular weight is 404 g/mol. The maximum atomic E-state index is 13.8. The van der Waals surface area contributed by atoms with E-state index in [4.69, 9.17) is 9.47 Å². The lowest BCUT2D eigenvalue weighted by molar-refractivity contribution is -0.157. The van der Waals surface area contributed by atoms with Crippen LogP contribution in [0.25, 0.3) is 0 Å². The maximum Gasteiger partial charge on any atom is 0.340 e. The van der Waals surface area contributed by atoms with Crippen LogP contribution in [0.2, 0.25) is 0 Å². The molecule has 1 aromatic rings. The molecule has 2 aliphatic rings. The number of benzene rings is 1. The van der Waals surface area contributed by atoms with Crippen molar-refractivity contribution in [1.82, 2.24) is 0 Å². The van der Waals surface area contributed by atoms with Gasteiger partial charge >= 0.3 is 5.97 Å². The van der Waals surface area contributed by atoms with Crippen molar-refractivity contribution < 1.29 is 18.7 Å². The van der Waals surface area contributed by atoms with Crippen LogP contribution in [-0.4, -0.2) is 24.9 Å². The third kappa shape index (κ3) is 7.01. The number of hydrogen-bond acceptors (Lipinski definition) is 3. The Morgan fingerprint density at radius 3 is 2.41 bits per heavy atom. The average Bonchev–Trinajstić information content (AvgIpc) is 2.78. The molecule has 1 aromatic carbocycles. The van der Waals surface area contributed by atoms with E-state index in [0.717, 1.165) is 44.3 Å². The maximum absolute atomic E-state index is 13.8. The van der Waals surface area contributed by atoms with Gasteiger partial charge in [-0.3, -0.25) is 0 Å². The highest BCUT2D eigenvalue weighted by Gasteiger charge is 2.27. The van der Waals surface area contributed by atoms with Crippen LogP contribution in [-0.2, 0) is 9.53 Å². The summed E-state index contributed by atoms with van der Waals surface area (Å²) in [5.74, 6) is 1.42. The summed E-state index contributed by atoms with van der Waals surface area (Å²) in [5.41, 5.74) is 1.43. The Morgan fingerprint density at radius 1 is 1.07 bits per heavy atom. The zero-order valence-electron chi connectivity index (χ0n) is 17.8. The van der Waals surface area contributed by atoms with E-state index in [1.807, 2.05) is 6.92 Å². The Kier molecular flexibility index (Phi) is 8.82. The lowest BCUT2D eigenvalue weighted by Gasteiger charge is -2.28. The van der Waals surface area contributed by atoms with E-state index in [0.29, 0.717) is 18.4 Å². The first-order valence-corrected chi connectivity index (χ1v) is 11.5. The van der Waals surface area contributed by atoms with Gasteiger partial charge < -0.3 is 9.47 Å². The fraction of sp³-hybridized carbons (Fsp3) is 0.680. The van der Waals surface area contributed by atoms with Crippen LogP contribution in [0.5, 0.6) is 5.75 Å². The molecule has 29 heavy (non-hydrogen) atoms. The van der Waals surface area contributed by atoms with E-state index in [9.17, 15) is 9.18 Å². The summed E-state index contributed by atoms with van der Waals surface area (Å²) in [6.07, 6.45) is 11.2. The molecule has 2 saturated carbocycles. The van der Waals surface area contributed by atoms with Gasteiger partial charge in [0.05, 0.1) is 6.61 Å². The molecular formula is C25H36FO3. The number of rotatable bonds is 9. The van der Waals surface area contributed by atoms with Gasteiger partial charge in [-0.25, -0.2) is 9.18 Å². The van der Waals surface area contributed by atoms with Crippen molar-refractivity contribution >= 4 is 5.97 Å². The first-order valence-electron chi connectivity index (χ1n) is 11.5. The lowest BCUT2D eigenvalue weighted by atomic mass is 9.84. The molecule has 161 valence electrons. The van der Waals surface area contributed by atoms with Crippen molar-refractivity contribution in [3.05, 3.63) is 36.2 Å². The van der Waals surface area contributed by atoms with Gasteiger partial charge in [0, 0.05) is 0 Å². The molecule has 1 radical (unpaired) electrons. The quantitative estimate of drug-likeness (QED) is 0.438. The van der Waals surface area contributed by atoms with Gasteiger partial charge in [0.15, 0.2) is 6.17 Å². The second-order valence-electron chi connectivity index (χ2n) is 8.71. The molecule has 2 aliphatic carbocycles. The molecule has 3 nitrogen and oxygen atoms in total. The third-order valence-corrected chi connectivity index (χ3v) is 6.42. The van der Waals surface area contributed by atoms with E-state index < -0.39 is 12.1 Å². The number of carbonyl (C=O) groups excluding carboxylic acids is 1. The zero-order valence-corrected chi connectivity index (χ0v) is 17.8. The van der Waals surface area contributed by atoms with Crippen molar-refractivity contribution in [3.8, 4) is 5.75 Å². The summed E-state index contributed by atoms with van der Waals surface area (Å²) >= 11 is 0. The first-order chi connectivity index (χ1) is 14.2. The molecule has 1 atom stereocenters. The third-order valence-electron chi connectivity index (χ3n) is 6.42. The largest absolute Gasteiger partial charge is 0.493 e. The minimum atomic E-state index is -1.47. The number of hydrogen-bond donors (Lipinski definition) is 0. The van der Waals surface area contributed by atoms with Crippen LogP contribution in [0.15, 0.2) is 24.3 Å². The molecule has 0 aliphatic heterocycles. The highest BCUT2D eigenvalue weighted by atomic mass is 19.1. The lowest BCUT2D eigenvalue weighted by Crippen LogP contribution is -2.30. The normalized spacial score (nSPS) is 24.1. The number of carbonyl (C=O) groups is 1. The SMILES string of the molecule is CCCC[C@H](F)C(=O)OC1CCC(COc2ccc(C3CC[CH]CC3)cc2)CC1. The van der Waals surface area contributed by atoms with E-state index in [-0.39, 0.29) is 12.5 Å². The summed E-state index contributed by atoms with van der Waals surface area (Å²) in [5, 5.41) is 0. The molecule has 4 heteroatoms. The zero-order chi connectivity index (χ0) is 20.5. The fourth-order valence-corrected chi connectivity index (χ4v) is 4.47. The molecule has 0 unspecified atom stereocenters. The van der Waals surface area contributed by atoms with Crippen LogP contribution < -0.4 is 4.74 Å². The topological polar surface area (TPSA) is 35.5 Å². The predicted octanol–water partition coefficient (Wildman–Crippen LogP) is 6.56. The number of halogens is 1. The standard InChI is InChI=1S/C25H36FO3/c1-2-3-9-24(26)25(27)29-23-14-10-19(11-15-23)18-28-22-16-12-21(13-17-22)20-7-5-4-6-8-20/h4,12-13,16-17,19-20,23-24H,2-3,5-11,14-15,18H2,1H3/t19?,23?,24-/m0/s1. The van der Waals surface area contributed by atoms with Crippen molar-refractivity contribution in [1.29, 1.82) is 0 Å². The summed E-state index contributed by atoms with van der Waals surface area (Å²) in [6.45, 7) is 2.69. The van der Waals surface area contributed by atoms with Gasteiger partial charge in [-0.15, -0.1) is 0 Å². The molecule has 0 bridgehead atoms. The Hall–Kier alpha value is -1.58. The van der Waals surface area contributed by atoms with Crippen LogP contribution >= 0.6 is 0 Å². The monoisotopic (exact) mass is 403 g/mol. The number of ether oxygens (including phenoxy) is 2. The Labute approximate surface area is 175 Å². The molecule has 0 saturated heterocycles. The van der Waals surface area contributed by atoms with Crippen molar-refractivity contribution in [2.45, 2.75) is 95.7 Å². The van der Waals surface area contributed by atoms with E-state index in [2.05, 4.69) is 30.7 Å². The Balaban J connectivity index is 1.35. The molecule has 0 N–H and O–H groups in total. The van der Waals surface area contributed by atoms with Crippen LogP contribution in [0, 0.1) is 12.3 Å². The van der Waals surface area contributed by atoms with Crippen LogP contribution in [0.4, 0.5) is 4.39 Å². The minimum Gasteiger partial charge on any atom is -0.493 e.